The number of likely N-dealkylation sites (N-methyl/N-ethyl adjacent to an activating group) is 1. The molecular weight excluding hydrogens is 150 g/mol. The fraction of sp³-hybridized carbons (Fsp3) is 1.00. The summed E-state index contributed by atoms with van der Waals surface area (Å²) in [5, 5.41) is 8.87. The first-order chi connectivity index (χ1) is 5.57. The van der Waals surface area contributed by atoms with Gasteiger partial charge in [0, 0.05) is 6.04 Å². The van der Waals surface area contributed by atoms with Gasteiger partial charge in [0.25, 0.3) is 0 Å². The molecule has 0 aromatic heterocycles. The van der Waals surface area contributed by atoms with Crippen LogP contribution >= 0.6 is 0 Å². The summed E-state index contributed by atoms with van der Waals surface area (Å²) in [5.74, 6) is 0.794. The van der Waals surface area contributed by atoms with Gasteiger partial charge < -0.3 is 10.0 Å². The fourth-order valence-corrected chi connectivity index (χ4v) is 1.11. The molecule has 74 valence electrons. The van der Waals surface area contributed by atoms with Crippen molar-refractivity contribution in [2.75, 3.05) is 20.2 Å². The van der Waals surface area contributed by atoms with Gasteiger partial charge in [0.2, 0.25) is 0 Å². The molecule has 0 radical (unpaired) electrons. The lowest BCUT2D eigenvalue weighted by molar-refractivity contribution is 0.156. The van der Waals surface area contributed by atoms with Gasteiger partial charge in [-0.1, -0.05) is 13.8 Å². The standard InChI is InChI=1S/C10H23NO/c1-9(2)6-5-7-11(4)10(3)8-12/h9-10,12H,5-8H2,1-4H3. The van der Waals surface area contributed by atoms with Crippen LogP contribution in [-0.2, 0) is 0 Å². The second-order valence-corrected chi connectivity index (χ2v) is 4.05. The van der Waals surface area contributed by atoms with Crippen molar-refractivity contribution >= 4 is 0 Å². The van der Waals surface area contributed by atoms with Crippen molar-refractivity contribution < 1.29 is 5.11 Å². The van der Waals surface area contributed by atoms with Crippen LogP contribution in [0.3, 0.4) is 0 Å². The van der Waals surface area contributed by atoms with Crippen LogP contribution in [0.15, 0.2) is 0 Å². The van der Waals surface area contributed by atoms with E-state index < -0.39 is 0 Å². The zero-order chi connectivity index (χ0) is 9.56. The molecule has 0 fully saturated rings. The monoisotopic (exact) mass is 173 g/mol. The Kier molecular flexibility index (Phi) is 6.39. The van der Waals surface area contributed by atoms with Crippen LogP contribution in [0.1, 0.15) is 33.6 Å². The largest absolute Gasteiger partial charge is 0.395 e. The van der Waals surface area contributed by atoms with Crippen molar-refractivity contribution in [3.8, 4) is 0 Å². The van der Waals surface area contributed by atoms with Crippen LogP contribution in [-0.4, -0.2) is 36.2 Å². The minimum Gasteiger partial charge on any atom is -0.395 e. The summed E-state index contributed by atoms with van der Waals surface area (Å²) >= 11 is 0. The van der Waals surface area contributed by atoms with Crippen LogP contribution < -0.4 is 0 Å². The quantitative estimate of drug-likeness (QED) is 0.661. The third kappa shape index (κ3) is 5.56. The molecule has 0 aliphatic rings. The lowest BCUT2D eigenvalue weighted by Gasteiger charge is -2.22. The second kappa shape index (κ2) is 6.44. The van der Waals surface area contributed by atoms with Gasteiger partial charge in [-0.2, -0.15) is 0 Å². The Labute approximate surface area is 76.6 Å². The molecule has 0 aromatic carbocycles. The topological polar surface area (TPSA) is 23.5 Å². The normalized spacial score (nSPS) is 14.2. The van der Waals surface area contributed by atoms with E-state index in [1.807, 2.05) is 0 Å². The highest BCUT2D eigenvalue weighted by Gasteiger charge is 2.06. The predicted molar refractivity (Wildman–Crippen MR) is 53.2 cm³/mol. The third-order valence-corrected chi connectivity index (χ3v) is 2.31. The molecule has 2 heteroatoms. The summed E-state index contributed by atoms with van der Waals surface area (Å²) < 4.78 is 0. The van der Waals surface area contributed by atoms with Crippen molar-refractivity contribution in [3.63, 3.8) is 0 Å². The summed E-state index contributed by atoms with van der Waals surface area (Å²) in [5.41, 5.74) is 0. The minimum atomic E-state index is 0.262. The van der Waals surface area contributed by atoms with E-state index in [1.165, 1.54) is 12.8 Å². The lowest BCUT2D eigenvalue weighted by atomic mass is 10.1. The molecule has 0 aromatic rings. The van der Waals surface area contributed by atoms with E-state index in [9.17, 15) is 0 Å². The van der Waals surface area contributed by atoms with Gasteiger partial charge in [-0.15, -0.1) is 0 Å². The highest BCUT2D eigenvalue weighted by molar-refractivity contribution is 4.61. The van der Waals surface area contributed by atoms with E-state index in [-0.39, 0.29) is 6.61 Å². The first-order valence-electron chi connectivity index (χ1n) is 4.89. The number of hydrogen-bond acceptors (Lipinski definition) is 2. The van der Waals surface area contributed by atoms with Crippen LogP contribution in [0, 0.1) is 5.92 Å². The van der Waals surface area contributed by atoms with Crippen molar-refractivity contribution in [1.29, 1.82) is 0 Å². The van der Waals surface area contributed by atoms with Gasteiger partial charge in [0.1, 0.15) is 0 Å². The molecule has 2 nitrogen and oxygen atoms in total. The van der Waals surface area contributed by atoms with E-state index in [2.05, 4.69) is 32.7 Å². The SMILES string of the molecule is CC(C)CCCN(C)C(C)CO. The van der Waals surface area contributed by atoms with Gasteiger partial charge in [0.05, 0.1) is 6.61 Å². The average Bonchev–Trinajstić information content (AvgIpc) is 2.02. The Morgan fingerprint density at radius 2 is 1.83 bits per heavy atom. The summed E-state index contributed by atoms with van der Waals surface area (Å²) in [4.78, 5) is 2.21. The summed E-state index contributed by atoms with van der Waals surface area (Å²) in [6.07, 6.45) is 2.51. The molecule has 0 amide bonds. The van der Waals surface area contributed by atoms with Crippen molar-refractivity contribution in [2.24, 2.45) is 5.92 Å². The van der Waals surface area contributed by atoms with Crippen LogP contribution in [0.2, 0.25) is 0 Å². The van der Waals surface area contributed by atoms with Crippen molar-refractivity contribution in [2.45, 2.75) is 39.7 Å². The second-order valence-electron chi connectivity index (χ2n) is 4.05. The van der Waals surface area contributed by atoms with Gasteiger partial charge in [-0.25, -0.2) is 0 Å². The summed E-state index contributed by atoms with van der Waals surface area (Å²) in [7, 11) is 2.07. The first-order valence-corrected chi connectivity index (χ1v) is 4.89. The number of aliphatic hydroxyl groups is 1. The fourth-order valence-electron chi connectivity index (χ4n) is 1.11. The molecule has 0 spiro atoms. The Bertz CT molecular complexity index is 104. The molecule has 0 saturated heterocycles. The predicted octanol–water partition coefficient (Wildman–Crippen LogP) is 1.74. The number of hydrogen-bond donors (Lipinski definition) is 1. The van der Waals surface area contributed by atoms with Crippen LogP contribution in [0.5, 0.6) is 0 Å². The van der Waals surface area contributed by atoms with Crippen LogP contribution in [0.4, 0.5) is 0 Å². The summed E-state index contributed by atoms with van der Waals surface area (Å²) in [6, 6.07) is 0.303. The number of rotatable bonds is 6. The van der Waals surface area contributed by atoms with E-state index in [0.717, 1.165) is 12.5 Å². The van der Waals surface area contributed by atoms with E-state index in [1.54, 1.807) is 0 Å². The molecular formula is C10H23NO. The Balaban J connectivity index is 3.37. The van der Waals surface area contributed by atoms with Gasteiger partial charge in [-0.3, -0.25) is 0 Å². The van der Waals surface area contributed by atoms with Gasteiger partial charge >= 0.3 is 0 Å². The zero-order valence-electron chi connectivity index (χ0n) is 8.88. The zero-order valence-corrected chi connectivity index (χ0v) is 8.88. The Hall–Kier alpha value is -0.0800. The van der Waals surface area contributed by atoms with Crippen LogP contribution in [0.25, 0.3) is 0 Å². The maximum Gasteiger partial charge on any atom is 0.0584 e. The summed E-state index contributed by atoms with van der Waals surface area (Å²) in [6.45, 7) is 7.90. The molecule has 0 saturated carbocycles. The van der Waals surface area contributed by atoms with Crippen molar-refractivity contribution in [1.82, 2.24) is 4.90 Å². The molecule has 0 bridgehead atoms. The lowest BCUT2D eigenvalue weighted by Crippen LogP contribution is -2.32. The highest BCUT2D eigenvalue weighted by atomic mass is 16.3. The molecule has 1 atom stereocenters. The van der Waals surface area contributed by atoms with Crippen molar-refractivity contribution in [3.05, 3.63) is 0 Å². The Morgan fingerprint density at radius 3 is 2.25 bits per heavy atom. The smallest absolute Gasteiger partial charge is 0.0584 e. The number of aliphatic hydroxyl groups excluding tert-OH is 1. The molecule has 12 heavy (non-hydrogen) atoms. The Morgan fingerprint density at radius 1 is 1.25 bits per heavy atom. The molecule has 0 rings (SSSR count). The molecule has 1 unspecified atom stereocenters. The van der Waals surface area contributed by atoms with Gasteiger partial charge in [-0.05, 0) is 39.3 Å². The maximum absolute atomic E-state index is 8.87. The van der Waals surface area contributed by atoms with E-state index in [0.29, 0.717) is 6.04 Å². The van der Waals surface area contributed by atoms with E-state index >= 15 is 0 Å². The molecule has 1 N–H and O–H groups in total. The average molecular weight is 173 g/mol. The number of nitrogens with zero attached hydrogens (tertiary/aromatic N) is 1. The van der Waals surface area contributed by atoms with Gasteiger partial charge in [0.15, 0.2) is 0 Å². The van der Waals surface area contributed by atoms with E-state index in [4.69, 9.17) is 5.11 Å². The third-order valence-electron chi connectivity index (χ3n) is 2.31. The molecule has 0 aliphatic carbocycles. The molecule has 0 aliphatic heterocycles. The maximum atomic E-state index is 8.87. The molecule has 0 heterocycles. The first kappa shape index (κ1) is 11.9. The minimum absolute atomic E-state index is 0.262. The highest BCUT2D eigenvalue weighted by Crippen LogP contribution is 2.05.